The van der Waals surface area contributed by atoms with Crippen molar-refractivity contribution in [2.24, 2.45) is 0 Å². The standard InChI is InChI=1S/C51H33N3S/c1-4-13-34(14-5-1)36-25-27-37(28-26-36)39-19-10-21-41(31-39)42-29-30-46-45(33-42)48-44(23-12-24-47(48)55-46)51-53-49(38-17-8-3-9-18-38)52-50(54-51)43-22-11-20-40(32-43)35-15-6-2-7-16-35/h1-33H. The zero-order valence-electron chi connectivity index (χ0n) is 29.8. The molecule has 0 aliphatic heterocycles. The second-order valence-corrected chi connectivity index (χ2v) is 14.7. The quantitative estimate of drug-likeness (QED) is 0.165. The van der Waals surface area contributed by atoms with Gasteiger partial charge in [0.15, 0.2) is 17.5 Å². The first-order valence-electron chi connectivity index (χ1n) is 18.4. The number of hydrogen-bond donors (Lipinski definition) is 0. The zero-order valence-corrected chi connectivity index (χ0v) is 30.6. The van der Waals surface area contributed by atoms with Crippen molar-refractivity contribution in [1.82, 2.24) is 15.0 Å². The summed E-state index contributed by atoms with van der Waals surface area (Å²) in [5, 5.41) is 2.35. The van der Waals surface area contributed by atoms with Gasteiger partial charge in [0.25, 0.3) is 0 Å². The summed E-state index contributed by atoms with van der Waals surface area (Å²) in [4.78, 5) is 15.4. The SMILES string of the molecule is c1ccc(-c2ccc(-c3cccc(-c4ccc5sc6cccc(-c7nc(-c8ccccc8)nc(-c8cccc(-c9ccccc9)c8)n7)c6c5c4)c3)cc2)cc1. The van der Waals surface area contributed by atoms with Crippen LogP contribution in [0.5, 0.6) is 0 Å². The molecule has 4 heteroatoms. The molecule has 258 valence electrons. The van der Waals surface area contributed by atoms with Crippen LogP contribution in [0, 0.1) is 0 Å². The van der Waals surface area contributed by atoms with E-state index in [0.29, 0.717) is 17.5 Å². The lowest BCUT2D eigenvalue weighted by Gasteiger charge is -2.11. The first kappa shape index (κ1) is 32.6. The van der Waals surface area contributed by atoms with Gasteiger partial charge in [0.2, 0.25) is 0 Å². The molecule has 0 spiro atoms. The molecule has 10 rings (SSSR count). The van der Waals surface area contributed by atoms with Crippen LogP contribution >= 0.6 is 11.3 Å². The highest BCUT2D eigenvalue weighted by atomic mass is 32.1. The van der Waals surface area contributed by atoms with Crippen molar-refractivity contribution < 1.29 is 0 Å². The highest BCUT2D eigenvalue weighted by Gasteiger charge is 2.18. The number of nitrogens with zero attached hydrogens (tertiary/aromatic N) is 3. The Hall–Kier alpha value is -7.01. The van der Waals surface area contributed by atoms with E-state index in [1.54, 1.807) is 11.3 Å². The largest absolute Gasteiger partial charge is 0.208 e. The molecule has 0 radical (unpaired) electrons. The molecule has 0 saturated carbocycles. The molecule has 3 nitrogen and oxygen atoms in total. The molecule has 2 heterocycles. The van der Waals surface area contributed by atoms with Crippen LogP contribution in [-0.2, 0) is 0 Å². The summed E-state index contributed by atoms with van der Waals surface area (Å²) >= 11 is 1.80. The fraction of sp³-hybridized carbons (Fsp3) is 0. The number of fused-ring (bicyclic) bond motifs is 3. The molecule has 55 heavy (non-hydrogen) atoms. The Morgan fingerprint density at radius 1 is 0.273 bits per heavy atom. The van der Waals surface area contributed by atoms with E-state index >= 15 is 0 Å². The minimum absolute atomic E-state index is 0.646. The van der Waals surface area contributed by atoms with Crippen LogP contribution in [0.3, 0.4) is 0 Å². The molecule has 0 bridgehead atoms. The topological polar surface area (TPSA) is 38.7 Å². The summed E-state index contributed by atoms with van der Waals surface area (Å²) in [5.41, 5.74) is 12.3. The molecule has 0 unspecified atom stereocenters. The predicted octanol–water partition coefficient (Wildman–Crippen LogP) is 13.9. The Kier molecular flexibility index (Phi) is 8.36. The molecule has 0 fully saturated rings. The monoisotopic (exact) mass is 719 g/mol. The Balaban J connectivity index is 1.08. The van der Waals surface area contributed by atoms with Gasteiger partial charge in [0.05, 0.1) is 0 Å². The zero-order chi connectivity index (χ0) is 36.6. The van der Waals surface area contributed by atoms with E-state index in [9.17, 15) is 0 Å². The Bertz CT molecular complexity index is 2950. The van der Waals surface area contributed by atoms with Gasteiger partial charge in [-0.05, 0) is 74.8 Å². The van der Waals surface area contributed by atoms with Crippen LogP contribution in [0.25, 0.3) is 98.8 Å². The molecule has 2 aromatic heterocycles. The van der Waals surface area contributed by atoms with Gasteiger partial charge >= 0.3 is 0 Å². The minimum Gasteiger partial charge on any atom is -0.208 e. The Morgan fingerprint density at radius 3 is 1.35 bits per heavy atom. The van der Waals surface area contributed by atoms with Crippen LogP contribution in [0.2, 0.25) is 0 Å². The van der Waals surface area contributed by atoms with Crippen molar-refractivity contribution in [3.05, 3.63) is 200 Å². The van der Waals surface area contributed by atoms with Crippen LogP contribution in [0.4, 0.5) is 0 Å². The maximum Gasteiger partial charge on any atom is 0.164 e. The van der Waals surface area contributed by atoms with E-state index in [4.69, 9.17) is 15.0 Å². The Morgan fingerprint density at radius 2 is 0.691 bits per heavy atom. The van der Waals surface area contributed by atoms with Crippen molar-refractivity contribution in [2.75, 3.05) is 0 Å². The summed E-state index contributed by atoms with van der Waals surface area (Å²) < 4.78 is 2.43. The lowest BCUT2D eigenvalue weighted by molar-refractivity contribution is 1.08. The van der Waals surface area contributed by atoms with Gasteiger partial charge in [-0.1, -0.05) is 170 Å². The third-order valence-corrected chi connectivity index (χ3v) is 11.3. The van der Waals surface area contributed by atoms with Crippen molar-refractivity contribution in [3.63, 3.8) is 0 Å². The van der Waals surface area contributed by atoms with E-state index in [2.05, 4.69) is 176 Å². The van der Waals surface area contributed by atoms with Crippen LogP contribution in [-0.4, -0.2) is 15.0 Å². The normalized spacial score (nSPS) is 11.3. The molecular weight excluding hydrogens is 687 g/mol. The maximum absolute atomic E-state index is 5.20. The van der Waals surface area contributed by atoms with Gasteiger partial charge in [-0.15, -0.1) is 11.3 Å². The van der Waals surface area contributed by atoms with E-state index < -0.39 is 0 Å². The third kappa shape index (κ3) is 6.39. The van der Waals surface area contributed by atoms with Gasteiger partial charge in [0.1, 0.15) is 0 Å². The van der Waals surface area contributed by atoms with E-state index in [1.165, 1.54) is 48.2 Å². The second-order valence-electron chi connectivity index (χ2n) is 13.6. The van der Waals surface area contributed by atoms with Gasteiger partial charge in [-0.3, -0.25) is 0 Å². The van der Waals surface area contributed by atoms with Gasteiger partial charge in [0, 0.05) is 36.9 Å². The molecule has 0 aliphatic rings. The summed E-state index contributed by atoms with van der Waals surface area (Å²) in [5.74, 6) is 1.95. The summed E-state index contributed by atoms with van der Waals surface area (Å²) in [6.45, 7) is 0. The fourth-order valence-electron chi connectivity index (χ4n) is 7.37. The fourth-order valence-corrected chi connectivity index (χ4v) is 8.48. The highest BCUT2D eigenvalue weighted by Crippen LogP contribution is 2.42. The van der Waals surface area contributed by atoms with E-state index in [-0.39, 0.29) is 0 Å². The average Bonchev–Trinajstić information content (AvgIpc) is 3.66. The number of rotatable bonds is 7. The van der Waals surface area contributed by atoms with Gasteiger partial charge in [-0.25, -0.2) is 15.0 Å². The molecule has 0 amide bonds. The van der Waals surface area contributed by atoms with E-state index in [0.717, 1.165) is 33.2 Å². The first-order valence-corrected chi connectivity index (χ1v) is 19.2. The molecule has 0 atom stereocenters. The summed E-state index contributed by atoms with van der Waals surface area (Å²) in [6, 6.07) is 70.6. The summed E-state index contributed by atoms with van der Waals surface area (Å²) in [7, 11) is 0. The van der Waals surface area contributed by atoms with Crippen LogP contribution in [0.15, 0.2) is 200 Å². The number of aromatic nitrogens is 3. The molecule has 8 aromatic carbocycles. The molecule has 10 aromatic rings. The summed E-state index contributed by atoms with van der Waals surface area (Å²) in [6.07, 6.45) is 0. The average molecular weight is 720 g/mol. The second kappa shape index (κ2) is 14.1. The molecule has 0 saturated heterocycles. The van der Waals surface area contributed by atoms with Crippen LogP contribution < -0.4 is 0 Å². The Labute approximate surface area is 323 Å². The third-order valence-electron chi connectivity index (χ3n) is 10.2. The van der Waals surface area contributed by atoms with Crippen molar-refractivity contribution >= 4 is 31.5 Å². The smallest absolute Gasteiger partial charge is 0.164 e. The highest BCUT2D eigenvalue weighted by molar-refractivity contribution is 7.26. The van der Waals surface area contributed by atoms with Crippen molar-refractivity contribution in [1.29, 1.82) is 0 Å². The minimum atomic E-state index is 0.646. The molecule has 0 aliphatic carbocycles. The number of hydrogen-bond acceptors (Lipinski definition) is 4. The lowest BCUT2D eigenvalue weighted by atomic mass is 9.96. The van der Waals surface area contributed by atoms with Crippen molar-refractivity contribution in [2.45, 2.75) is 0 Å². The van der Waals surface area contributed by atoms with Gasteiger partial charge < -0.3 is 0 Å². The molecule has 0 N–H and O–H groups in total. The maximum atomic E-state index is 5.20. The van der Waals surface area contributed by atoms with E-state index in [1.807, 2.05) is 24.3 Å². The lowest BCUT2D eigenvalue weighted by Crippen LogP contribution is -2.00. The predicted molar refractivity (Wildman–Crippen MR) is 231 cm³/mol. The van der Waals surface area contributed by atoms with Crippen LogP contribution in [0.1, 0.15) is 0 Å². The van der Waals surface area contributed by atoms with Gasteiger partial charge in [-0.2, -0.15) is 0 Å². The number of benzene rings is 8. The molecular formula is C51H33N3S. The number of thiophene rings is 1. The first-order chi connectivity index (χ1) is 27.2. The van der Waals surface area contributed by atoms with Crippen molar-refractivity contribution in [3.8, 4) is 78.7 Å².